The molecule has 0 radical (unpaired) electrons. The lowest BCUT2D eigenvalue weighted by Crippen LogP contribution is -2.33. The molecule has 0 aliphatic heterocycles. The van der Waals surface area contributed by atoms with Gasteiger partial charge in [0.15, 0.2) is 20.7 Å². The van der Waals surface area contributed by atoms with E-state index in [4.69, 9.17) is 0 Å². The minimum absolute atomic E-state index is 0.167. The predicted molar refractivity (Wildman–Crippen MR) is 102 cm³/mol. The van der Waals surface area contributed by atoms with Gasteiger partial charge in [0, 0.05) is 0 Å². The van der Waals surface area contributed by atoms with Gasteiger partial charge in [-0.25, -0.2) is 27.6 Å². The van der Waals surface area contributed by atoms with Crippen molar-refractivity contribution in [1.82, 2.24) is 15.0 Å². The molecule has 0 aliphatic carbocycles. The standard InChI is InChI=1S/C16H13N3O7S3/c20-16(10-4-1-7-13(17-10)27(21)22,11-5-2-8-14(18-11)28(23)24)12-6-3-9-15(19-12)29(25)26/h1-9,20H,(H,21,22)(H,23,24)(H,25,26). The van der Waals surface area contributed by atoms with Crippen LogP contribution in [0.3, 0.4) is 0 Å². The molecule has 0 spiro atoms. The Bertz CT molecular complexity index is 1000. The molecule has 13 heteroatoms. The largest absolute Gasteiger partial charge is 0.372 e. The maximum Gasteiger partial charge on any atom is 0.205 e. The lowest BCUT2D eigenvalue weighted by Gasteiger charge is -2.27. The van der Waals surface area contributed by atoms with E-state index in [2.05, 4.69) is 15.0 Å². The molecule has 0 aromatic carbocycles. The van der Waals surface area contributed by atoms with E-state index in [1.807, 2.05) is 0 Å². The van der Waals surface area contributed by atoms with Gasteiger partial charge >= 0.3 is 0 Å². The number of aromatic nitrogens is 3. The molecule has 3 aromatic heterocycles. The zero-order valence-electron chi connectivity index (χ0n) is 14.3. The summed E-state index contributed by atoms with van der Waals surface area (Å²) in [5.41, 5.74) is -2.77. The Labute approximate surface area is 171 Å². The van der Waals surface area contributed by atoms with Gasteiger partial charge in [-0.15, -0.1) is 0 Å². The summed E-state index contributed by atoms with van der Waals surface area (Å²) in [4.78, 5) is 12.0. The Morgan fingerprint density at radius 1 is 0.586 bits per heavy atom. The lowest BCUT2D eigenvalue weighted by molar-refractivity contribution is 0.109. The molecule has 0 amide bonds. The minimum Gasteiger partial charge on any atom is -0.372 e. The van der Waals surface area contributed by atoms with Crippen molar-refractivity contribution in [3.05, 3.63) is 71.7 Å². The maximum absolute atomic E-state index is 11.6. The van der Waals surface area contributed by atoms with Gasteiger partial charge in [-0.2, -0.15) is 0 Å². The van der Waals surface area contributed by atoms with Crippen molar-refractivity contribution >= 4 is 33.2 Å². The van der Waals surface area contributed by atoms with E-state index in [1.165, 1.54) is 54.6 Å². The van der Waals surface area contributed by atoms with Gasteiger partial charge in [-0.3, -0.25) is 0 Å². The van der Waals surface area contributed by atoms with Crippen LogP contribution in [0.4, 0.5) is 0 Å². The van der Waals surface area contributed by atoms with Crippen LogP contribution in [0, 0.1) is 0 Å². The van der Waals surface area contributed by atoms with Gasteiger partial charge in [0.1, 0.15) is 0 Å². The van der Waals surface area contributed by atoms with Crippen LogP contribution in [0.1, 0.15) is 17.1 Å². The summed E-state index contributed by atoms with van der Waals surface area (Å²) < 4.78 is 62.3. The minimum atomic E-state index is -2.45. The van der Waals surface area contributed by atoms with Gasteiger partial charge < -0.3 is 18.8 Å². The van der Waals surface area contributed by atoms with Crippen molar-refractivity contribution in [2.24, 2.45) is 0 Å². The molecule has 3 rings (SSSR count). The second kappa shape index (κ2) is 8.62. The number of nitrogens with zero attached hydrogens (tertiary/aromatic N) is 3. The van der Waals surface area contributed by atoms with Crippen molar-refractivity contribution in [2.45, 2.75) is 20.7 Å². The molecule has 3 heterocycles. The molecule has 4 N–H and O–H groups in total. The predicted octanol–water partition coefficient (Wildman–Crippen LogP) is 0.898. The highest BCUT2D eigenvalue weighted by atomic mass is 32.2. The molecule has 0 bridgehead atoms. The number of rotatable bonds is 6. The number of pyridine rings is 3. The highest BCUT2D eigenvalue weighted by Gasteiger charge is 2.39. The first-order valence-corrected chi connectivity index (χ1v) is 11.0. The van der Waals surface area contributed by atoms with Gasteiger partial charge in [-0.05, 0) is 36.4 Å². The third-order valence-electron chi connectivity index (χ3n) is 3.82. The summed E-state index contributed by atoms with van der Waals surface area (Å²) in [5, 5.41) is 10.8. The quantitative estimate of drug-likeness (QED) is 0.391. The molecule has 152 valence electrons. The fourth-order valence-electron chi connectivity index (χ4n) is 2.53. The third-order valence-corrected chi connectivity index (χ3v) is 5.57. The smallest absolute Gasteiger partial charge is 0.205 e. The Balaban J connectivity index is 2.32. The highest BCUT2D eigenvalue weighted by Crippen LogP contribution is 2.34. The summed E-state index contributed by atoms with van der Waals surface area (Å²) in [6.45, 7) is 0. The van der Waals surface area contributed by atoms with Crippen molar-refractivity contribution in [3.63, 3.8) is 0 Å². The molecule has 0 fully saturated rings. The zero-order chi connectivity index (χ0) is 21.2. The van der Waals surface area contributed by atoms with Crippen molar-refractivity contribution in [1.29, 1.82) is 0 Å². The van der Waals surface area contributed by atoms with E-state index in [-0.39, 0.29) is 32.2 Å². The van der Waals surface area contributed by atoms with Crippen LogP contribution < -0.4 is 0 Å². The molecule has 3 atom stereocenters. The molecule has 0 aliphatic rings. The number of hydrogen-bond donors (Lipinski definition) is 4. The van der Waals surface area contributed by atoms with E-state index >= 15 is 0 Å². The highest BCUT2D eigenvalue weighted by molar-refractivity contribution is 7.79. The molecule has 29 heavy (non-hydrogen) atoms. The van der Waals surface area contributed by atoms with Gasteiger partial charge in [0.25, 0.3) is 0 Å². The average molecular weight is 455 g/mol. The van der Waals surface area contributed by atoms with Crippen LogP contribution in [0.25, 0.3) is 0 Å². The third kappa shape index (κ3) is 4.35. The fourth-order valence-corrected chi connectivity index (χ4v) is 3.65. The van der Waals surface area contributed by atoms with Gasteiger partial charge in [-0.1, -0.05) is 18.2 Å². The molecule has 3 aromatic rings. The van der Waals surface area contributed by atoms with Gasteiger partial charge in [0.2, 0.25) is 33.2 Å². The second-order valence-electron chi connectivity index (χ2n) is 5.54. The Kier molecular flexibility index (Phi) is 6.38. The topological polar surface area (TPSA) is 171 Å². The first kappa shape index (κ1) is 21.4. The maximum atomic E-state index is 11.6. The molecule has 3 unspecified atom stereocenters. The molecular formula is C16H13N3O7S3. The summed E-state index contributed by atoms with van der Waals surface area (Å²) in [6, 6.07) is 11.9. The number of hydrogen-bond acceptors (Lipinski definition) is 7. The second-order valence-corrected chi connectivity index (χ2v) is 8.29. The van der Waals surface area contributed by atoms with Crippen LogP contribution in [0.15, 0.2) is 69.7 Å². The van der Waals surface area contributed by atoms with E-state index in [9.17, 15) is 31.4 Å². The van der Waals surface area contributed by atoms with Crippen LogP contribution in [-0.2, 0) is 38.8 Å². The van der Waals surface area contributed by atoms with E-state index in [0.717, 1.165) is 0 Å². The monoisotopic (exact) mass is 455 g/mol. The Hall–Kier alpha value is -2.26. The van der Waals surface area contributed by atoms with E-state index in [1.54, 1.807) is 0 Å². The van der Waals surface area contributed by atoms with E-state index < -0.39 is 38.8 Å². The Morgan fingerprint density at radius 3 is 1.10 bits per heavy atom. The van der Waals surface area contributed by atoms with E-state index in [0.29, 0.717) is 0 Å². The van der Waals surface area contributed by atoms with Crippen LogP contribution in [-0.4, -0.2) is 46.3 Å². The van der Waals surface area contributed by atoms with Crippen molar-refractivity contribution in [2.75, 3.05) is 0 Å². The average Bonchev–Trinajstić information content (AvgIpc) is 2.73. The number of aliphatic hydroxyl groups is 1. The normalized spacial score (nSPS) is 16.6. The SMILES string of the molecule is O=S(O)c1cccc(C(O)(c2cccc(S(=O)O)n2)c2cccc(S(=O)O)n2)n1. The summed E-state index contributed by atoms with van der Waals surface area (Å²) in [5.74, 6) is 0. The molecular weight excluding hydrogens is 442 g/mol. The van der Waals surface area contributed by atoms with Crippen molar-refractivity contribution in [3.8, 4) is 0 Å². The molecule has 0 saturated heterocycles. The molecule has 10 nitrogen and oxygen atoms in total. The van der Waals surface area contributed by atoms with Crippen molar-refractivity contribution < 1.29 is 31.4 Å². The first-order valence-electron chi connectivity index (χ1n) is 7.71. The van der Waals surface area contributed by atoms with Crippen LogP contribution in [0.5, 0.6) is 0 Å². The van der Waals surface area contributed by atoms with Gasteiger partial charge in [0.05, 0.1) is 17.1 Å². The summed E-state index contributed by atoms with van der Waals surface area (Å²) in [7, 11) is 0. The summed E-state index contributed by atoms with van der Waals surface area (Å²) in [6.07, 6.45) is 0. The first-order chi connectivity index (χ1) is 13.7. The Morgan fingerprint density at radius 2 is 0.862 bits per heavy atom. The lowest BCUT2D eigenvalue weighted by atomic mass is 9.90. The zero-order valence-corrected chi connectivity index (χ0v) is 16.7. The van der Waals surface area contributed by atoms with Crippen LogP contribution >= 0.6 is 0 Å². The van der Waals surface area contributed by atoms with Crippen LogP contribution in [0.2, 0.25) is 0 Å². The fraction of sp³-hybridized carbons (Fsp3) is 0.0625. The summed E-state index contributed by atoms with van der Waals surface area (Å²) >= 11 is -7.35. The molecule has 0 saturated carbocycles.